The highest BCUT2D eigenvalue weighted by Gasteiger charge is 2.09. The summed E-state index contributed by atoms with van der Waals surface area (Å²) in [5.41, 5.74) is 7.96. The predicted octanol–water partition coefficient (Wildman–Crippen LogP) is 1.28. The number of hydrogen-bond acceptors (Lipinski definition) is 4. The average Bonchev–Trinajstić information content (AvgIpc) is 2.55. The number of nitrogens with one attached hydrogen (secondary N) is 1. The zero-order valence-corrected chi connectivity index (χ0v) is 13.3. The molecule has 1 aromatic rings. The third-order valence-corrected chi connectivity index (χ3v) is 3.60. The molecule has 0 amide bonds. The highest BCUT2D eigenvalue weighted by atomic mass is 16.5. The molecule has 0 unspecified atom stereocenters. The molecule has 22 heavy (non-hydrogen) atoms. The molecule has 122 valence electrons. The molecule has 1 aromatic carbocycles. The van der Waals surface area contributed by atoms with Gasteiger partial charge in [-0.3, -0.25) is 9.89 Å². The summed E-state index contributed by atoms with van der Waals surface area (Å²) in [7, 11) is 1.68. The normalized spacial score (nSPS) is 16.7. The van der Waals surface area contributed by atoms with Crippen LogP contribution in [0.15, 0.2) is 29.3 Å². The molecular weight excluding hydrogens is 280 g/mol. The zero-order chi connectivity index (χ0) is 15.6. The van der Waals surface area contributed by atoms with Gasteiger partial charge in [0.1, 0.15) is 0 Å². The number of guanidine groups is 1. The first-order chi connectivity index (χ1) is 10.8. The van der Waals surface area contributed by atoms with Crippen molar-refractivity contribution in [3.05, 3.63) is 29.8 Å². The van der Waals surface area contributed by atoms with Gasteiger partial charge in [0.05, 0.1) is 19.8 Å². The van der Waals surface area contributed by atoms with Gasteiger partial charge in [0.15, 0.2) is 5.96 Å². The fraction of sp³-hybridized carbons (Fsp3) is 0.562. The minimum atomic E-state index is 0.450. The molecule has 1 aliphatic rings. The molecule has 1 aliphatic heterocycles. The SMILES string of the molecule is COCc1ccccc1NC(N)=NCCCN1CCOCC1. The molecule has 1 saturated heterocycles. The van der Waals surface area contributed by atoms with Crippen LogP contribution in [0.3, 0.4) is 0 Å². The summed E-state index contributed by atoms with van der Waals surface area (Å²) in [5, 5.41) is 3.15. The van der Waals surface area contributed by atoms with Crippen LogP contribution in [0.5, 0.6) is 0 Å². The average molecular weight is 306 g/mol. The third kappa shape index (κ3) is 5.63. The number of nitrogens with zero attached hydrogens (tertiary/aromatic N) is 2. The second kappa shape index (κ2) is 9.40. The van der Waals surface area contributed by atoms with E-state index in [-0.39, 0.29) is 0 Å². The molecule has 6 heteroatoms. The number of nitrogens with two attached hydrogens (primary N) is 1. The van der Waals surface area contributed by atoms with Gasteiger partial charge in [-0.05, 0) is 12.5 Å². The van der Waals surface area contributed by atoms with Gasteiger partial charge in [-0.1, -0.05) is 18.2 Å². The van der Waals surface area contributed by atoms with Crippen molar-refractivity contribution in [2.24, 2.45) is 10.7 Å². The van der Waals surface area contributed by atoms with Gasteiger partial charge < -0.3 is 20.5 Å². The van der Waals surface area contributed by atoms with Crippen molar-refractivity contribution in [3.63, 3.8) is 0 Å². The molecule has 0 spiro atoms. The molecule has 0 saturated carbocycles. The van der Waals surface area contributed by atoms with Gasteiger partial charge in [0.2, 0.25) is 0 Å². The Morgan fingerprint density at radius 1 is 1.36 bits per heavy atom. The van der Waals surface area contributed by atoms with E-state index in [4.69, 9.17) is 15.2 Å². The van der Waals surface area contributed by atoms with E-state index in [0.717, 1.165) is 57.1 Å². The Balaban J connectivity index is 1.75. The number of morpholine rings is 1. The van der Waals surface area contributed by atoms with E-state index in [1.165, 1.54) is 0 Å². The number of benzene rings is 1. The van der Waals surface area contributed by atoms with Crippen molar-refractivity contribution in [1.82, 2.24) is 4.90 Å². The van der Waals surface area contributed by atoms with Crippen molar-refractivity contribution >= 4 is 11.6 Å². The molecule has 2 rings (SSSR count). The van der Waals surface area contributed by atoms with Crippen molar-refractivity contribution in [2.75, 3.05) is 51.8 Å². The van der Waals surface area contributed by atoms with Crippen LogP contribution in [0.4, 0.5) is 5.69 Å². The Hall–Kier alpha value is -1.63. The summed E-state index contributed by atoms with van der Waals surface area (Å²) in [5.74, 6) is 0.450. The van der Waals surface area contributed by atoms with E-state index < -0.39 is 0 Å². The Bertz CT molecular complexity index is 473. The molecule has 0 aliphatic carbocycles. The largest absolute Gasteiger partial charge is 0.380 e. The lowest BCUT2D eigenvalue weighted by Crippen LogP contribution is -2.37. The van der Waals surface area contributed by atoms with Crippen molar-refractivity contribution in [3.8, 4) is 0 Å². The summed E-state index contributed by atoms with van der Waals surface area (Å²) in [6.07, 6.45) is 1.00. The second-order valence-corrected chi connectivity index (χ2v) is 5.29. The van der Waals surface area contributed by atoms with Gasteiger partial charge in [0, 0.05) is 44.5 Å². The van der Waals surface area contributed by atoms with Crippen molar-refractivity contribution < 1.29 is 9.47 Å². The predicted molar refractivity (Wildman–Crippen MR) is 89.1 cm³/mol. The molecule has 0 radical (unpaired) electrons. The zero-order valence-electron chi connectivity index (χ0n) is 13.3. The highest BCUT2D eigenvalue weighted by molar-refractivity contribution is 5.92. The number of para-hydroxylation sites is 1. The molecule has 1 heterocycles. The number of anilines is 1. The maximum absolute atomic E-state index is 5.95. The molecular formula is C16H26N4O2. The highest BCUT2D eigenvalue weighted by Crippen LogP contribution is 2.15. The van der Waals surface area contributed by atoms with Gasteiger partial charge in [0.25, 0.3) is 0 Å². The van der Waals surface area contributed by atoms with Crippen LogP contribution in [0.2, 0.25) is 0 Å². The fourth-order valence-electron chi connectivity index (χ4n) is 2.42. The Morgan fingerprint density at radius 3 is 2.91 bits per heavy atom. The number of hydrogen-bond donors (Lipinski definition) is 2. The summed E-state index contributed by atoms with van der Waals surface area (Å²) < 4.78 is 10.5. The van der Waals surface area contributed by atoms with E-state index >= 15 is 0 Å². The third-order valence-electron chi connectivity index (χ3n) is 3.60. The maximum Gasteiger partial charge on any atom is 0.193 e. The van der Waals surface area contributed by atoms with E-state index in [1.807, 2.05) is 24.3 Å². The summed E-state index contributed by atoms with van der Waals surface area (Å²) in [6.45, 7) is 6.02. The molecule has 0 atom stereocenters. The van der Waals surface area contributed by atoms with Gasteiger partial charge in [-0.25, -0.2) is 0 Å². The van der Waals surface area contributed by atoms with Gasteiger partial charge in [-0.2, -0.15) is 0 Å². The minimum absolute atomic E-state index is 0.450. The molecule has 3 N–H and O–H groups in total. The first kappa shape index (κ1) is 16.7. The Labute approximate surface area is 132 Å². The fourth-order valence-corrected chi connectivity index (χ4v) is 2.42. The number of ether oxygens (including phenoxy) is 2. The van der Waals surface area contributed by atoms with Gasteiger partial charge >= 0.3 is 0 Å². The quantitative estimate of drug-likeness (QED) is 0.451. The smallest absolute Gasteiger partial charge is 0.193 e. The van der Waals surface area contributed by atoms with E-state index in [9.17, 15) is 0 Å². The lowest BCUT2D eigenvalue weighted by Gasteiger charge is -2.26. The Morgan fingerprint density at radius 2 is 2.14 bits per heavy atom. The first-order valence-electron chi connectivity index (χ1n) is 7.73. The van der Waals surface area contributed by atoms with E-state index in [2.05, 4.69) is 15.2 Å². The summed E-state index contributed by atoms with van der Waals surface area (Å²) in [4.78, 5) is 6.79. The minimum Gasteiger partial charge on any atom is -0.380 e. The summed E-state index contributed by atoms with van der Waals surface area (Å²) >= 11 is 0. The van der Waals surface area contributed by atoms with Crippen LogP contribution in [0, 0.1) is 0 Å². The lowest BCUT2D eigenvalue weighted by molar-refractivity contribution is 0.0377. The van der Waals surface area contributed by atoms with Gasteiger partial charge in [-0.15, -0.1) is 0 Å². The van der Waals surface area contributed by atoms with E-state index in [0.29, 0.717) is 12.6 Å². The van der Waals surface area contributed by atoms with Crippen LogP contribution in [-0.2, 0) is 16.1 Å². The van der Waals surface area contributed by atoms with Crippen LogP contribution in [0.1, 0.15) is 12.0 Å². The second-order valence-electron chi connectivity index (χ2n) is 5.29. The van der Waals surface area contributed by atoms with E-state index in [1.54, 1.807) is 7.11 Å². The number of aliphatic imine (C=N–C) groups is 1. The van der Waals surface area contributed by atoms with Crippen LogP contribution < -0.4 is 11.1 Å². The van der Waals surface area contributed by atoms with Crippen LogP contribution in [-0.4, -0.2) is 57.4 Å². The van der Waals surface area contributed by atoms with Crippen molar-refractivity contribution in [2.45, 2.75) is 13.0 Å². The first-order valence-corrected chi connectivity index (χ1v) is 7.73. The Kier molecular flexibility index (Phi) is 7.15. The standard InChI is InChI=1S/C16H26N4O2/c1-21-13-14-5-2-3-6-15(14)19-16(17)18-7-4-8-20-9-11-22-12-10-20/h2-3,5-6H,4,7-13H2,1H3,(H3,17,18,19). The number of methoxy groups -OCH3 is 1. The van der Waals surface area contributed by atoms with Crippen molar-refractivity contribution in [1.29, 1.82) is 0 Å². The molecule has 6 nitrogen and oxygen atoms in total. The molecule has 0 aromatic heterocycles. The monoisotopic (exact) mass is 306 g/mol. The van der Waals surface area contributed by atoms with Crippen LogP contribution >= 0.6 is 0 Å². The molecule has 1 fully saturated rings. The summed E-state index contributed by atoms with van der Waals surface area (Å²) in [6, 6.07) is 7.93. The maximum atomic E-state index is 5.95. The van der Waals surface area contributed by atoms with Crippen LogP contribution in [0.25, 0.3) is 0 Å². The lowest BCUT2D eigenvalue weighted by atomic mass is 10.2. The number of rotatable bonds is 7. The topological polar surface area (TPSA) is 72.1 Å². The molecule has 0 bridgehead atoms.